The molecule has 0 aromatic heterocycles. The lowest BCUT2D eigenvalue weighted by Crippen LogP contribution is -2.39. The molecule has 2 atom stereocenters. The third-order valence-electron chi connectivity index (χ3n) is 3.51. The van der Waals surface area contributed by atoms with Crippen LogP contribution in [0.1, 0.15) is 39.5 Å². The van der Waals surface area contributed by atoms with Gasteiger partial charge in [0.05, 0.1) is 6.10 Å². The van der Waals surface area contributed by atoms with E-state index in [-0.39, 0.29) is 25.2 Å². The zero-order valence-corrected chi connectivity index (χ0v) is 11.2. The van der Waals surface area contributed by atoms with Crippen molar-refractivity contribution in [3.05, 3.63) is 0 Å². The van der Waals surface area contributed by atoms with E-state index in [1.807, 2.05) is 0 Å². The average Bonchev–Trinajstić information content (AvgIpc) is 2.34. The Kier molecular flexibility index (Phi) is 6.12. The molecule has 18 heavy (non-hydrogen) atoms. The van der Waals surface area contributed by atoms with Gasteiger partial charge in [0.15, 0.2) is 0 Å². The van der Waals surface area contributed by atoms with E-state index < -0.39 is 5.97 Å². The smallest absolute Gasteiger partial charge is 0.323 e. The first-order chi connectivity index (χ1) is 8.54. The lowest BCUT2D eigenvalue weighted by molar-refractivity contribution is -0.148. The van der Waals surface area contributed by atoms with E-state index in [1.165, 1.54) is 11.3 Å². The van der Waals surface area contributed by atoms with Gasteiger partial charge in [-0.3, -0.25) is 9.59 Å². The van der Waals surface area contributed by atoms with Crippen molar-refractivity contribution in [1.82, 2.24) is 4.90 Å². The highest BCUT2D eigenvalue weighted by atomic mass is 16.5. The van der Waals surface area contributed by atoms with Gasteiger partial charge in [-0.05, 0) is 25.7 Å². The number of carboxylic acids is 1. The summed E-state index contributed by atoms with van der Waals surface area (Å²) in [5.74, 6) is -0.741. The SMILES string of the molecule is CCN(CC(=O)O)C(=O)COC1CCCCC1C. The van der Waals surface area contributed by atoms with E-state index in [4.69, 9.17) is 9.84 Å². The minimum Gasteiger partial charge on any atom is -0.480 e. The molecule has 1 N–H and O–H groups in total. The number of hydrogen-bond donors (Lipinski definition) is 1. The van der Waals surface area contributed by atoms with E-state index >= 15 is 0 Å². The Balaban J connectivity index is 2.36. The largest absolute Gasteiger partial charge is 0.480 e. The van der Waals surface area contributed by atoms with Crippen molar-refractivity contribution in [1.29, 1.82) is 0 Å². The number of carbonyl (C=O) groups excluding carboxylic acids is 1. The van der Waals surface area contributed by atoms with Crippen LogP contribution in [0.4, 0.5) is 0 Å². The third-order valence-corrected chi connectivity index (χ3v) is 3.51. The van der Waals surface area contributed by atoms with E-state index in [0.717, 1.165) is 19.3 Å². The highest BCUT2D eigenvalue weighted by molar-refractivity contribution is 5.82. The van der Waals surface area contributed by atoms with Crippen molar-refractivity contribution in [3.8, 4) is 0 Å². The van der Waals surface area contributed by atoms with Gasteiger partial charge in [0.2, 0.25) is 5.91 Å². The Morgan fingerprint density at radius 1 is 1.33 bits per heavy atom. The molecule has 5 nitrogen and oxygen atoms in total. The molecule has 0 aliphatic heterocycles. The first-order valence-electron chi connectivity index (χ1n) is 6.65. The summed E-state index contributed by atoms with van der Waals surface area (Å²) in [7, 11) is 0. The molecule has 0 saturated heterocycles. The van der Waals surface area contributed by atoms with Gasteiger partial charge < -0.3 is 14.7 Å². The summed E-state index contributed by atoms with van der Waals surface area (Å²) < 4.78 is 5.64. The molecule has 1 fully saturated rings. The number of amides is 1. The number of ether oxygens (including phenoxy) is 1. The highest BCUT2D eigenvalue weighted by Gasteiger charge is 2.24. The standard InChI is InChI=1S/C13H23NO4/c1-3-14(8-13(16)17)12(15)9-18-11-7-5-4-6-10(11)2/h10-11H,3-9H2,1-2H3,(H,16,17). The summed E-state index contributed by atoms with van der Waals surface area (Å²) in [5, 5.41) is 8.69. The van der Waals surface area contributed by atoms with Crippen LogP contribution in [0.25, 0.3) is 0 Å². The van der Waals surface area contributed by atoms with E-state index in [9.17, 15) is 9.59 Å². The summed E-state index contributed by atoms with van der Waals surface area (Å²) in [4.78, 5) is 23.7. The van der Waals surface area contributed by atoms with Gasteiger partial charge >= 0.3 is 5.97 Å². The van der Waals surface area contributed by atoms with Crippen molar-refractivity contribution in [2.45, 2.75) is 45.6 Å². The zero-order chi connectivity index (χ0) is 13.5. The van der Waals surface area contributed by atoms with Crippen LogP contribution in [0.3, 0.4) is 0 Å². The summed E-state index contributed by atoms with van der Waals surface area (Å²) in [6, 6.07) is 0. The van der Waals surface area contributed by atoms with Crippen LogP contribution in [0, 0.1) is 5.92 Å². The third kappa shape index (κ3) is 4.64. The maximum atomic E-state index is 11.8. The van der Waals surface area contributed by atoms with Crippen molar-refractivity contribution in [2.75, 3.05) is 19.7 Å². The van der Waals surface area contributed by atoms with E-state index in [1.54, 1.807) is 6.92 Å². The highest BCUT2D eigenvalue weighted by Crippen LogP contribution is 2.26. The van der Waals surface area contributed by atoms with Gasteiger partial charge in [-0.25, -0.2) is 0 Å². The minimum atomic E-state index is -0.990. The summed E-state index contributed by atoms with van der Waals surface area (Å²) >= 11 is 0. The first kappa shape index (κ1) is 15.0. The molecule has 1 rings (SSSR count). The summed E-state index contributed by atoms with van der Waals surface area (Å²) in [5.41, 5.74) is 0. The molecular formula is C13H23NO4. The molecule has 5 heteroatoms. The van der Waals surface area contributed by atoms with Gasteiger partial charge in [-0.15, -0.1) is 0 Å². The second-order valence-electron chi connectivity index (χ2n) is 4.91. The lowest BCUT2D eigenvalue weighted by Gasteiger charge is -2.29. The van der Waals surface area contributed by atoms with Crippen LogP contribution in [-0.2, 0) is 14.3 Å². The van der Waals surface area contributed by atoms with Crippen LogP contribution >= 0.6 is 0 Å². The van der Waals surface area contributed by atoms with Crippen LogP contribution in [0.15, 0.2) is 0 Å². The van der Waals surface area contributed by atoms with Crippen molar-refractivity contribution in [3.63, 3.8) is 0 Å². The van der Waals surface area contributed by atoms with Crippen LogP contribution < -0.4 is 0 Å². The number of carboxylic acid groups (broad SMARTS) is 1. The van der Waals surface area contributed by atoms with Crippen LogP contribution in [-0.4, -0.2) is 47.7 Å². The molecule has 2 unspecified atom stereocenters. The van der Waals surface area contributed by atoms with E-state index in [2.05, 4.69) is 6.92 Å². The molecule has 0 bridgehead atoms. The van der Waals surface area contributed by atoms with E-state index in [0.29, 0.717) is 12.5 Å². The van der Waals surface area contributed by atoms with Gasteiger partial charge in [-0.2, -0.15) is 0 Å². The fraction of sp³-hybridized carbons (Fsp3) is 0.846. The summed E-state index contributed by atoms with van der Waals surface area (Å²) in [6.07, 6.45) is 4.67. The fourth-order valence-electron chi connectivity index (χ4n) is 2.34. The van der Waals surface area contributed by atoms with Crippen molar-refractivity contribution in [2.24, 2.45) is 5.92 Å². The molecule has 0 radical (unpaired) electrons. The molecule has 0 spiro atoms. The van der Waals surface area contributed by atoms with Crippen molar-refractivity contribution < 1.29 is 19.4 Å². The molecule has 0 aromatic rings. The van der Waals surface area contributed by atoms with Gasteiger partial charge in [0, 0.05) is 6.54 Å². The van der Waals surface area contributed by atoms with Crippen molar-refractivity contribution >= 4 is 11.9 Å². The van der Waals surface area contributed by atoms with Gasteiger partial charge in [0.25, 0.3) is 0 Å². The zero-order valence-electron chi connectivity index (χ0n) is 11.2. The number of likely N-dealkylation sites (N-methyl/N-ethyl adjacent to an activating group) is 1. The number of carbonyl (C=O) groups is 2. The Hall–Kier alpha value is -1.10. The second kappa shape index (κ2) is 7.36. The molecule has 1 aliphatic carbocycles. The number of nitrogens with zero attached hydrogens (tertiary/aromatic N) is 1. The van der Waals surface area contributed by atoms with Gasteiger partial charge in [-0.1, -0.05) is 19.8 Å². The maximum absolute atomic E-state index is 11.8. The van der Waals surface area contributed by atoms with Crippen LogP contribution in [0.2, 0.25) is 0 Å². The Labute approximate surface area is 108 Å². The Morgan fingerprint density at radius 2 is 2.00 bits per heavy atom. The summed E-state index contributed by atoms with van der Waals surface area (Å²) in [6.45, 7) is 4.05. The number of rotatable bonds is 6. The molecule has 104 valence electrons. The molecule has 0 heterocycles. The average molecular weight is 257 g/mol. The topological polar surface area (TPSA) is 66.8 Å². The second-order valence-corrected chi connectivity index (χ2v) is 4.91. The number of aliphatic carboxylic acids is 1. The normalized spacial score (nSPS) is 23.7. The quantitative estimate of drug-likeness (QED) is 0.783. The number of hydrogen-bond acceptors (Lipinski definition) is 3. The molecule has 1 aliphatic rings. The Morgan fingerprint density at radius 3 is 2.56 bits per heavy atom. The predicted molar refractivity (Wildman–Crippen MR) is 67.3 cm³/mol. The predicted octanol–water partition coefficient (Wildman–Crippen LogP) is 1.51. The monoisotopic (exact) mass is 257 g/mol. The molecule has 1 amide bonds. The minimum absolute atomic E-state index is 0.00384. The molecule has 0 aromatic carbocycles. The van der Waals surface area contributed by atoms with Crippen LogP contribution in [0.5, 0.6) is 0 Å². The molecular weight excluding hydrogens is 234 g/mol. The fourth-order valence-corrected chi connectivity index (χ4v) is 2.34. The first-order valence-corrected chi connectivity index (χ1v) is 6.65. The molecule has 1 saturated carbocycles. The maximum Gasteiger partial charge on any atom is 0.323 e. The lowest BCUT2D eigenvalue weighted by atomic mass is 9.88. The Bertz CT molecular complexity index is 293. The van der Waals surface area contributed by atoms with Gasteiger partial charge in [0.1, 0.15) is 13.2 Å².